The second-order valence-corrected chi connectivity index (χ2v) is 13.2. The molecule has 14 heteroatoms. The Morgan fingerprint density at radius 1 is 0.811 bits per heavy atom. The van der Waals surface area contributed by atoms with Gasteiger partial charge in [0, 0.05) is 12.1 Å². The van der Waals surface area contributed by atoms with Gasteiger partial charge in [-0.2, -0.15) is 26.3 Å². The lowest BCUT2D eigenvalue weighted by Crippen LogP contribution is -2.56. The van der Waals surface area contributed by atoms with E-state index in [1.807, 2.05) is 29.2 Å². The van der Waals surface area contributed by atoms with Gasteiger partial charge in [0.1, 0.15) is 24.1 Å². The van der Waals surface area contributed by atoms with Crippen molar-refractivity contribution in [1.29, 1.82) is 0 Å². The number of nitrogens with zero attached hydrogens (tertiary/aromatic N) is 4. The molecule has 2 aliphatic heterocycles. The smallest absolute Gasteiger partial charge is 0.346 e. The van der Waals surface area contributed by atoms with Crippen LogP contribution in [0.25, 0.3) is 22.3 Å². The van der Waals surface area contributed by atoms with Crippen LogP contribution in [0.4, 0.5) is 26.3 Å². The number of hydrogen-bond acceptors (Lipinski definition) is 6. The number of amides is 2. The monoisotopic (exact) mass is 730 g/mol. The molecule has 0 bridgehead atoms. The Morgan fingerprint density at radius 2 is 1.42 bits per heavy atom. The Hall–Kier alpha value is -5.79. The lowest BCUT2D eigenvalue weighted by Gasteiger charge is -2.35. The molecule has 3 aliphatic rings. The summed E-state index contributed by atoms with van der Waals surface area (Å²) >= 11 is 0. The molecular weight excluding hydrogens is 698 g/mol. The quantitative estimate of drug-likeness (QED) is 0.185. The first kappa shape index (κ1) is 35.6. The Kier molecular flexibility index (Phi) is 8.95. The molecule has 53 heavy (non-hydrogen) atoms. The van der Waals surface area contributed by atoms with E-state index in [0.29, 0.717) is 35.2 Å². The summed E-state index contributed by atoms with van der Waals surface area (Å²) < 4.78 is 79.4. The summed E-state index contributed by atoms with van der Waals surface area (Å²) in [7, 11) is 0. The molecule has 272 valence electrons. The highest BCUT2D eigenvalue weighted by molar-refractivity contribution is 6.14. The van der Waals surface area contributed by atoms with Gasteiger partial charge in [0.05, 0.1) is 11.9 Å². The van der Waals surface area contributed by atoms with Gasteiger partial charge in [0.15, 0.2) is 11.7 Å². The third-order valence-electron chi connectivity index (χ3n) is 9.96. The highest BCUT2D eigenvalue weighted by Crippen LogP contribution is 2.51. The van der Waals surface area contributed by atoms with E-state index in [2.05, 4.69) is 25.6 Å². The topological polar surface area (TPSA) is 98.5 Å². The second-order valence-electron chi connectivity index (χ2n) is 13.2. The van der Waals surface area contributed by atoms with E-state index in [4.69, 9.17) is 0 Å². The van der Waals surface area contributed by atoms with Crippen molar-refractivity contribution in [2.24, 2.45) is 15.0 Å². The summed E-state index contributed by atoms with van der Waals surface area (Å²) in [6.07, 6.45) is -6.31. The van der Waals surface area contributed by atoms with E-state index in [1.165, 1.54) is 18.5 Å². The number of aliphatic imine (C=N–C) groups is 3. The number of carbonyl (C=O) groups excluding carboxylic acids is 2. The molecular formula is C39H32F6N6O2. The largest absolute Gasteiger partial charge is 0.416 e. The molecule has 2 heterocycles. The van der Waals surface area contributed by atoms with Crippen molar-refractivity contribution in [2.45, 2.75) is 49.2 Å². The molecule has 1 aliphatic carbocycles. The lowest BCUT2D eigenvalue weighted by atomic mass is 9.73. The SMILES string of the molecule is CC12N=CN(CCCC3(C(=O)NCC(F)(F)F)c4ccccc4-c4ccccc43)C1N=CN=C2NC(=O)c1ccccc1-c1ccc(C(F)(F)F)cc1. The number of fused-ring (bicyclic) bond motifs is 4. The van der Waals surface area contributed by atoms with Crippen molar-refractivity contribution in [3.63, 3.8) is 0 Å². The second kappa shape index (κ2) is 13.3. The van der Waals surface area contributed by atoms with E-state index >= 15 is 0 Å². The molecule has 0 saturated heterocycles. The van der Waals surface area contributed by atoms with E-state index in [0.717, 1.165) is 23.3 Å². The summed E-state index contributed by atoms with van der Waals surface area (Å²) in [4.78, 5) is 43.0. The van der Waals surface area contributed by atoms with Crippen molar-refractivity contribution in [3.8, 4) is 22.3 Å². The van der Waals surface area contributed by atoms with E-state index in [1.54, 1.807) is 61.8 Å². The van der Waals surface area contributed by atoms with E-state index in [9.17, 15) is 35.9 Å². The minimum absolute atomic E-state index is 0.181. The summed E-state index contributed by atoms with van der Waals surface area (Å²) in [6.45, 7) is 0.604. The van der Waals surface area contributed by atoms with Crippen LogP contribution in [0.1, 0.15) is 46.8 Å². The van der Waals surface area contributed by atoms with Gasteiger partial charge in [-0.05, 0) is 71.3 Å². The minimum Gasteiger partial charge on any atom is -0.346 e. The fourth-order valence-electron chi connectivity index (χ4n) is 7.44. The van der Waals surface area contributed by atoms with Crippen molar-refractivity contribution in [3.05, 3.63) is 119 Å². The standard InChI is InChI=1S/C39H32F6N6O2/c1-36-33(50-32(52)29-12-3-2-9-26(29)24-15-17-25(18-16-24)39(43,44)45)47-22-48-34(36)51(23-49-36)20-8-19-37(35(53)46-21-38(40,41)42)30-13-6-4-10-27(30)28-11-5-7-14-31(28)37/h2-7,9-18,22-23,34H,8,19-21H2,1H3,(H,46,53)(H,47,48,50,52). The van der Waals surface area contributed by atoms with Crippen LogP contribution in [0.5, 0.6) is 0 Å². The van der Waals surface area contributed by atoms with Gasteiger partial charge < -0.3 is 15.5 Å². The first-order valence-electron chi connectivity index (χ1n) is 16.8. The van der Waals surface area contributed by atoms with Gasteiger partial charge in [-0.25, -0.2) is 9.98 Å². The molecule has 0 radical (unpaired) electrons. The summed E-state index contributed by atoms with van der Waals surface area (Å²) in [5.74, 6) is -1.09. The van der Waals surface area contributed by atoms with Gasteiger partial charge in [-0.3, -0.25) is 14.6 Å². The van der Waals surface area contributed by atoms with Crippen LogP contribution < -0.4 is 10.6 Å². The molecule has 8 nitrogen and oxygen atoms in total. The highest BCUT2D eigenvalue weighted by atomic mass is 19.4. The fraction of sp³-hybridized carbons (Fsp3) is 0.256. The first-order chi connectivity index (χ1) is 25.2. The number of nitrogens with one attached hydrogen (secondary N) is 2. The molecule has 0 fully saturated rings. The molecule has 2 unspecified atom stereocenters. The zero-order chi connectivity index (χ0) is 37.6. The number of hydrogen-bond donors (Lipinski definition) is 2. The van der Waals surface area contributed by atoms with Crippen molar-refractivity contribution in [1.82, 2.24) is 15.5 Å². The Balaban J connectivity index is 1.09. The van der Waals surface area contributed by atoms with Gasteiger partial charge >= 0.3 is 12.4 Å². The molecule has 4 aromatic carbocycles. The molecule has 4 aromatic rings. The third kappa shape index (κ3) is 6.46. The molecule has 0 saturated carbocycles. The summed E-state index contributed by atoms with van der Waals surface area (Å²) in [5.41, 5.74) is 0.561. The van der Waals surface area contributed by atoms with Crippen LogP contribution in [-0.2, 0) is 16.4 Å². The van der Waals surface area contributed by atoms with Crippen LogP contribution in [0.2, 0.25) is 0 Å². The van der Waals surface area contributed by atoms with Gasteiger partial charge in [-0.15, -0.1) is 0 Å². The normalized spacial score (nSPS) is 19.6. The third-order valence-corrected chi connectivity index (χ3v) is 9.96. The zero-order valence-electron chi connectivity index (χ0n) is 28.2. The average molecular weight is 731 g/mol. The Bertz CT molecular complexity index is 2110. The van der Waals surface area contributed by atoms with Crippen LogP contribution in [0, 0.1) is 0 Å². The molecule has 2 amide bonds. The number of halogens is 6. The Morgan fingerprint density at radius 3 is 2.04 bits per heavy atom. The van der Waals surface area contributed by atoms with E-state index < -0.39 is 53.4 Å². The van der Waals surface area contributed by atoms with Crippen LogP contribution in [-0.4, -0.2) is 66.2 Å². The molecule has 2 atom stereocenters. The van der Waals surface area contributed by atoms with Crippen LogP contribution >= 0.6 is 0 Å². The maximum Gasteiger partial charge on any atom is 0.416 e. The van der Waals surface area contributed by atoms with Gasteiger partial charge in [0.25, 0.3) is 5.91 Å². The number of benzene rings is 4. The van der Waals surface area contributed by atoms with Crippen molar-refractivity contribution >= 4 is 30.3 Å². The van der Waals surface area contributed by atoms with Gasteiger partial charge in [-0.1, -0.05) is 78.9 Å². The van der Waals surface area contributed by atoms with Crippen molar-refractivity contribution in [2.75, 3.05) is 13.1 Å². The van der Waals surface area contributed by atoms with Crippen LogP contribution in [0.15, 0.2) is 112 Å². The summed E-state index contributed by atoms with van der Waals surface area (Å²) in [5, 5.41) is 4.99. The molecule has 7 rings (SSSR count). The summed E-state index contributed by atoms with van der Waals surface area (Å²) in [6, 6.07) is 25.5. The minimum atomic E-state index is -4.59. The van der Waals surface area contributed by atoms with Crippen molar-refractivity contribution < 1.29 is 35.9 Å². The van der Waals surface area contributed by atoms with E-state index in [-0.39, 0.29) is 17.8 Å². The highest BCUT2D eigenvalue weighted by Gasteiger charge is 2.51. The first-order valence-corrected chi connectivity index (χ1v) is 16.8. The average Bonchev–Trinajstić information content (AvgIpc) is 3.63. The maximum atomic E-state index is 13.9. The Labute approximate surface area is 300 Å². The fourth-order valence-corrected chi connectivity index (χ4v) is 7.44. The predicted octanol–water partition coefficient (Wildman–Crippen LogP) is 7.40. The number of amidine groups is 1. The number of carbonyl (C=O) groups is 2. The number of rotatable bonds is 8. The molecule has 2 N–H and O–H groups in total. The zero-order valence-corrected chi connectivity index (χ0v) is 28.2. The van der Waals surface area contributed by atoms with Crippen LogP contribution in [0.3, 0.4) is 0 Å². The number of alkyl halides is 6. The lowest BCUT2D eigenvalue weighted by molar-refractivity contribution is -0.141. The molecule has 0 aromatic heterocycles. The van der Waals surface area contributed by atoms with Gasteiger partial charge in [0.2, 0.25) is 5.91 Å². The maximum absolute atomic E-state index is 13.9. The molecule has 0 spiro atoms. The predicted molar refractivity (Wildman–Crippen MR) is 189 cm³/mol.